The van der Waals surface area contributed by atoms with E-state index in [0.717, 1.165) is 19.3 Å². The minimum atomic E-state index is -0.459. The highest BCUT2D eigenvalue weighted by Gasteiger charge is 2.26. The number of hydrogen-bond donors (Lipinski definition) is 0. The van der Waals surface area contributed by atoms with Crippen LogP contribution in [-0.4, -0.2) is 29.6 Å². The van der Waals surface area contributed by atoms with Crippen LogP contribution in [0.5, 0.6) is 5.75 Å². The molecule has 0 aromatic heterocycles. The number of likely N-dealkylation sites (N-methyl/N-ethyl adjacent to an activating group) is 1. The molecule has 0 bridgehead atoms. The summed E-state index contributed by atoms with van der Waals surface area (Å²) in [5.41, 5.74) is 3.53. The summed E-state index contributed by atoms with van der Waals surface area (Å²) in [4.78, 5) is 25.4. The van der Waals surface area contributed by atoms with Crippen LogP contribution in [0.4, 0.5) is 5.69 Å². The summed E-state index contributed by atoms with van der Waals surface area (Å²) >= 11 is 0. The van der Waals surface area contributed by atoms with Gasteiger partial charge in [0.2, 0.25) is 5.91 Å². The predicted molar refractivity (Wildman–Crippen MR) is 107 cm³/mol. The Morgan fingerprint density at radius 2 is 2.10 bits per heavy atom. The number of rotatable bonds is 4. The fourth-order valence-corrected chi connectivity index (χ4v) is 4.02. The number of amides is 1. The van der Waals surface area contributed by atoms with Crippen LogP contribution in [0.2, 0.25) is 0 Å². The molecule has 0 N–H and O–H groups in total. The maximum absolute atomic E-state index is 12.9. The number of ether oxygens (including phenoxy) is 2. The van der Waals surface area contributed by atoms with Crippen molar-refractivity contribution in [3.63, 3.8) is 0 Å². The number of nitrogens with zero attached hydrogens (tertiary/aromatic N) is 2. The summed E-state index contributed by atoms with van der Waals surface area (Å²) in [7, 11) is 1.80. The van der Waals surface area contributed by atoms with E-state index in [2.05, 4.69) is 12.1 Å². The first-order valence-electron chi connectivity index (χ1n) is 9.59. The van der Waals surface area contributed by atoms with Crippen molar-refractivity contribution in [2.24, 2.45) is 0 Å². The molecule has 1 atom stereocenters. The lowest BCUT2D eigenvalue weighted by Crippen LogP contribution is -2.32. The Labute approximate surface area is 168 Å². The van der Waals surface area contributed by atoms with E-state index in [4.69, 9.17) is 9.47 Å². The van der Waals surface area contributed by atoms with Gasteiger partial charge in [-0.2, -0.15) is 0 Å². The van der Waals surface area contributed by atoms with E-state index in [1.165, 1.54) is 29.3 Å². The molecule has 4 rings (SSSR count). The number of hydrogen-bond acceptors (Lipinski definition) is 5. The summed E-state index contributed by atoms with van der Waals surface area (Å²) in [5, 5.41) is 11.2. The number of nitro benzene ring substituents is 1. The van der Waals surface area contributed by atoms with E-state index in [0.29, 0.717) is 16.9 Å². The van der Waals surface area contributed by atoms with Crippen LogP contribution in [0, 0.1) is 10.1 Å². The number of benzene rings is 2. The van der Waals surface area contributed by atoms with Crippen molar-refractivity contribution in [3.05, 3.63) is 74.8 Å². The van der Waals surface area contributed by atoms with Crippen LogP contribution in [0.3, 0.4) is 0 Å². The quantitative estimate of drug-likeness (QED) is 0.445. The summed E-state index contributed by atoms with van der Waals surface area (Å²) < 4.78 is 10.7. The maximum atomic E-state index is 12.9. The smallest absolute Gasteiger partial charge is 0.270 e. The Hall–Kier alpha value is -3.19. The molecular weight excluding hydrogens is 372 g/mol. The Morgan fingerprint density at radius 1 is 1.28 bits per heavy atom. The Morgan fingerprint density at radius 3 is 2.93 bits per heavy atom. The van der Waals surface area contributed by atoms with E-state index < -0.39 is 4.92 Å². The number of carbonyl (C=O) groups is 1. The van der Waals surface area contributed by atoms with Gasteiger partial charge < -0.3 is 14.4 Å². The maximum Gasteiger partial charge on any atom is 0.270 e. The highest BCUT2D eigenvalue weighted by Crippen LogP contribution is 2.35. The van der Waals surface area contributed by atoms with Crippen molar-refractivity contribution in [1.29, 1.82) is 0 Å². The van der Waals surface area contributed by atoms with Crippen LogP contribution in [0.15, 0.2) is 42.5 Å². The molecule has 0 spiro atoms. The highest BCUT2D eigenvalue weighted by molar-refractivity contribution is 5.92. The zero-order valence-corrected chi connectivity index (χ0v) is 16.2. The minimum absolute atomic E-state index is 0.0285. The third kappa shape index (κ3) is 3.86. The standard InChI is InChI=1S/C22H22N2O5/c1-23(20-8-4-6-15-5-2-3-7-19(15)20)21(25)10-9-16-11-18(24(26)27)12-17-13-28-14-29-22(16)17/h2-3,5,7,9-12,20H,4,6,8,13-14H2,1H3/b10-9+/t20-/m0/s1. The van der Waals surface area contributed by atoms with Gasteiger partial charge in [-0.15, -0.1) is 0 Å². The molecule has 0 saturated carbocycles. The highest BCUT2D eigenvalue weighted by atomic mass is 16.7. The Bertz CT molecular complexity index is 985. The lowest BCUT2D eigenvalue weighted by atomic mass is 9.87. The van der Waals surface area contributed by atoms with Crippen molar-refractivity contribution in [2.45, 2.75) is 31.9 Å². The van der Waals surface area contributed by atoms with Gasteiger partial charge in [-0.1, -0.05) is 24.3 Å². The molecule has 2 aromatic carbocycles. The monoisotopic (exact) mass is 394 g/mol. The van der Waals surface area contributed by atoms with Crippen molar-refractivity contribution < 1.29 is 19.2 Å². The molecule has 2 aromatic rings. The first kappa shape index (κ1) is 19.1. The van der Waals surface area contributed by atoms with Crippen LogP contribution in [-0.2, 0) is 22.6 Å². The second-order valence-electron chi connectivity index (χ2n) is 7.28. The van der Waals surface area contributed by atoms with Crippen LogP contribution in [0.1, 0.15) is 41.1 Å². The number of non-ortho nitro benzene ring substituents is 1. The van der Waals surface area contributed by atoms with Gasteiger partial charge >= 0.3 is 0 Å². The zero-order valence-electron chi connectivity index (χ0n) is 16.2. The summed E-state index contributed by atoms with van der Waals surface area (Å²) in [6.45, 7) is 0.322. The van der Waals surface area contributed by atoms with E-state index in [9.17, 15) is 14.9 Å². The molecule has 0 radical (unpaired) electrons. The minimum Gasteiger partial charge on any atom is -0.467 e. The van der Waals surface area contributed by atoms with Gasteiger partial charge in [0, 0.05) is 36.4 Å². The van der Waals surface area contributed by atoms with Gasteiger partial charge in [-0.25, -0.2) is 0 Å². The molecule has 2 aliphatic rings. The molecule has 29 heavy (non-hydrogen) atoms. The summed E-state index contributed by atoms with van der Waals surface area (Å²) in [6.07, 6.45) is 6.03. The van der Waals surface area contributed by atoms with E-state index in [1.54, 1.807) is 18.0 Å². The van der Waals surface area contributed by atoms with Gasteiger partial charge in [-0.3, -0.25) is 14.9 Å². The largest absolute Gasteiger partial charge is 0.467 e. The third-order valence-electron chi connectivity index (χ3n) is 5.49. The molecule has 150 valence electrons. The van der Waals surface area contributed by atoms with Gasteiger partial charge in [-0.05, 0) is 36.5 Å². The molecule has 0 fully saturated rings. The lowest BCUT2D eigenvalue weighted by Gasteiger charge is -2.32. The first-order valence-corrected chi connectivity index (χ1v) is 9.59. The SMILES string of the molecule is CN(C(=O)/C=C/c1cc([N+](=O)[O-])cc2c1OCOC2)[C@H]1CCCc2ccccc21. The first-order chi connectivity index (χ1) is 14.0. The van der Waals surface area contributed by atoms with Crippen molar-refractivity contribution in [1.82, 2.24) is 4.90 Å². The summed E-state index contributed by atoms with van der Waals surface area (Å²) in [5.74, 6) is 0.371. The number of nitro groups is 1. The van der Waals surface area contributed by atoms with Gasteiger partial charge in [0.15, 0.2) is 6.79 Å². The van der Waals surface area contributed by atoms with Crippen molar-refractivity contribution >= 4 is 17.7 Å². The Kier molecular flexibility index (Phi) is 5.31. The molecule has 1 heterocycles. The third-order valence-corrected chi connectivity index (χ3v) is 5.49. The average molecular weight is 394 g/mol. The van der Waals surface area contributed by atoms with E-state index in [-0.39, 0.29) is 31.0 Å². The zero-order chi connectivity index (χ0) is 20.4. The predicted octanol–water partition coefficient (Wildman–Crippen LogP) is 4.01. The van der Waals surface area contributed by atoms with Crippen LogP contribution in [0.25, 0.3) is 6.08 Å². The molecule has 7 nitrogen and oxygen atoms in total. The Balaban J connectivity index is 1.59. The molecule has 1 aliphatic heterocycles. The molecule has 1 amide bonds. The number of carbonyl (C=O) groups excluding carboxylic acids is 1. The second-order valence-corrected chi connectivity index (χ2v) is 7.28. The van der Waals surface area contributed by atoms with Gasteiger partial charge in [0.05, 0.1) is 17.6 Å². The van der Waals surface area contributed by atoms with Crippen LogP contribution >= 0.6 is 0 Å². The molecule has 7 heteroatoms. The van der Waals surface area contributed by atoms with Gasteiger partial charge in [0.25, 0.3) is 5.69 Å². The fraction of sp³-hybridized carbons (Fsp3) is 0.318. The fourth-order valence-electron chi connectivity index (χ4n) is 4.02. The topological polar surface area (TPSA) is 81.9 Å². The second kappa shape index (κ2) is 8.05. The average Bonchev–Trinajstić information content (AvgIpc) is 2.76. The molecule has 0 unspecified atom stereocenters. The van der Waals surface area contributed by atoms with E-state index >= 15 is 0 Å². The normalized spacial score (nSPS) is 17.9. The molecular formula is C22H22N2O5. The number of fused-ring (bicyclic) bond motifs is 2. The lowest BCUT2D eigenvalue weighted by molar-refractivity contribution is -0.385. The number of aryl methyl sites for hydroxylation is 1. The molecule has 1 aliphatic carbocycles. The van der Waals surface area contributed by atoms with E-state index in [1.807, 2.05) is 12.1 Å². The van der Waals surface area contributed by atoms with Gasteiger partial charge in [0.1, 0.15) is 5.75 Å². The molecule has 0 saturated heterocycles. The summed E-state index contributed by atoms with van der Waals surface area (Å²) in [6, 6.07) is 11.1. The van der Waals surface area contributed by atoms with Crippen molar-refractivity contribution in [3.8, 4) is 5.75 Å². The van der Waals surface area contributed by atoms with Crippen molar-refractivity contribution in [2.75, 3.05) is 13.8 Å². The van der Waals surface area contributed by atoms with Crippen LogP contribution < -0.4 is 4.74 Å².